The Morgan fingerprint density at radius 2 is 1.79 bits per heavy atom. The Hall–Kier alpha value is -2.92. The van der Waals surface area contributed by atoms with Gasteiger partial charge in [0, 0.05) is 29.0 Å². The first-order valence-electron chi connectivity index (χ1n) is 9.60. The zero-order valence-corrected chi connectivity index (χ0v) is 16.6. The van der Waals surface area contributed by atoms with Gasteiger partial charge in [0.15, 0.2) is 0 Å². The predicted octanol–water partition coefficient (Wildman–Crippen LogP) is 5.54. The number of hydrogen-bond donors (Lipinski definition) is 1. The molecule has 1 heterocycles. The van der Waals surface area contributed by atoms with Gasteiger partial charge < -0.3 is 10.2 Å². The summed E-state index contributed by atoms with van der Waals surface area (Å²) >= 11 is 5.94. The van der Waals surface area contributed by atoms with Crippen LogP contribution in [0.1, 0.15) is 28.8 Å². The van der Waals surface area contributed by atoms with Gasteiger partial charge in [-0.2, -0.15) is 0 Å². The van der Waals surface area contributed by atoms with Crippen molar-refractivity contribution in [2.75, 3.05) is 16.8 Å². The third kappa shape index (κ3) is 5.12. The summed E-state index contributed by atoms with van der Waals surface area (Å²) < 4.78 is 13.4. The highest BCUT2D eigenvalue weighted by Gasteiger charge is 2.21. The van der Waals surface area contributed by atoms with Gasteiger partial charge in [0.05, 0.1) is 6.54 Å². The minimum atomic E-state index is -0.347. The second-order valence-electron chi connectivity index (χ2n) is 7.25. The monoisotopic (exact) mass is 409 g/mol. The summed E-state index contributed by atoms with van der Waals surface area (Å²) in [6.07, 6.45) is 4.33. The molecule has 29 heavy (non-hydrogen) atoms. The Morgan fingerprint density at radius 3 is 2.41 bits per heavy atom. The Labute approximate surface area is 174 Å². The molecular weight excluding hydrogens is 389 g/mol. The van der Waals surface area contributed by atoms with E-state index in [9.17, 15) is 9.18 Å². The highest BCUT2D eigenvalue weighted by molar-refractivity contribution is 6.30. The highest BCUT2D eigenvalue weighted by Crippen LogP contribution is 2.28. The predicted molar refractivity (Wildman–Crippen MR) is 114 cm³/mol. The molecular formula is C23H21ClFN3O. The molecule has 0 unspecified atom stereocenters. The van der Waals surface area contributed by atoms with Crippen LogP contribution in [-0.4, -0.2) is 17.4 Å². The molecule has 4 nitrogen and oxygen atoms in total. The molecule has 2 aromatic carbocycles. The molecule has 4 rings (SSSR count). The van der Waals surface area contributed by atoms with E-state index >= 15 is 0 Å². The van der Waals surface area contributed by atoms with Gasteiger partial charge in [-0.15, -0.1) is 0 Å². The maximum Gasteiger partial charge on any atom is 0.258 e. The number of halogens is 2. The number of nitrogens with zero attached hydrogens (tertiary/aromatic N) is 2. The van der Waals surface area contributed by atoms with Crippen molar-refractivity contribution in [2.45, 2.75) is 19.4 Å². The quantitative estimate of drug-likeness (QED) is 0.557. The van der Waals surface area contributed by atoms with Gasteiger partial charge in [-0.1, -0.05) is 17.7 Å². The molecule has 0 bridgehead atoms. The van der Waals surface area contributed by atoms with Crippen molar-refractivity contribution in [3.8, 4) is 0 Å². The summed E-state index contributed by atoms with van der Waals surface area (Å²) in [7, 11) is 0. The Balaban J connectivity index is 1.55. The van der Waals surface area contributed by atoms with Crippen molar-refractivity contribution in [2.24, 2.45) is 5.92 Å². The number of hydrogen-bond acceptors (Lipinski definition) is 3. The van der Waals surface area contributed by atoms with Crippen LogP contribution in [0.15, 0.2) is 66.9 Å². The number of pyridine rings is 1. The molecule has 0 aliphatic heterocycles. The van der Waals surface area contributed by atoms with Crippen LogP contribution in [0.4, 0.5) is 15.9 Å². The maximum absolute atomic E-state index is 13.4. The summed E-state index contributed by atoms with van der Waals surface area (Å²) in [6.45, 7) is 1.27. The Morgan fingerprint density at radius 1 is 1.07 bits per heavy atom. The van der Waals surface area contributed by atoms with Crippen molar-refractivity contribution in [1.82, 2.24) is 4.98 Å². The number of rotatable bonds is 7. The minimum absolute atomic E-state index is 0.191. The van der Waals surface area contributed by atoms with Gasteiger partial charge >= 0.3 is 0 Å². The first-order chi connectivity index (χ1) is 14.1. The van der Waals surface area contributed by atoms with Gasteiger partial charge in [-0.25, -0.2) is 9.37 Å². The summed E-state index contributed by atoms with van der Waals surface area (Å²) in [5.74, 6) is 1.06. The first kappa shape index (κ1) is 19.4. The molecule has 0 saturated heterocycles. The molecule has 1 N–H and O–H groups in total. The van der Waals surface area contributed by atoms with Crippen molar-refractivity contribution < 1.29 is 9.18 Å². The number of amides is 1. The molecule has 6 heteroatoms. The van der Waals surface area contributed by atoms with Crippen LogP contribution >= 0.6 is 11.6 Å². The second-order valence-corrected chi connectivity index (χ2v) is 7.69. The lowest BCUT2D eigenvalue weighted by Gasteiger charge is -2.23. The molecule has 1 saturated carbocycles. The SMILES string of the molecule is O=C(c1ccc(Cl)cc1)N(Cc1ccc(NCC2CC2)nc1)c1ccc(F)cc1. The third-order valence-corrected chi connectivity index (χ3v) is 5.16. The summed E-state index contributed by atoms with van der Waals surface area (Å²) in [5.41, 5.74) is 2.00. The molecule has 0 atom stereocenters. The maximum atomic E-state index is 13.4. The fourth-order valence-corrected chi connectivity index (χ4v) is 3.15. The number of aromatic nitrogens is 1. The van der Waals surface area contributed by atoms with Crippen molar-refractivity contribution in [3.63, 3.8) is 0 Å². The zero-order chi connectivity index (χ0) is 20.2. The molecule has 3 aromatic rings. The third-order valence-electron chi connectivity index (χ3n) is 4.91. The van der Waals surface area contributed by atoms with Gasteiger partial charge in [0.25, 0.3) is 5.91 Å². The van der Waals surface area contributed by atoms with Crippen molar-refractivity contribution in [3.05, 3.63) is 88.8 Å². The van der Waals surface area contributed by atoms with E-state index in [0.29, 0.717) is 22.8 Å². The number of carbonyl (C=O) groups is 1. The Bertz CT molecular complexity index is 971. The van der Waals surface area contributed by atoms with Crippen LogP contribution in [0.5, 0.6) is 0 Å². The molecule has 0 spiro atoms. The standard InChI is InChI=1S/C23H21ClFN3O/c24-19-6-4-18(5-7-19)23(29)28(21-10-8-20(25)9-11-21)15-17-3-12-22(27-14-17)26-13-16-1-2-16/h3-12,14,16H,1-2,13,15H2,(H,26,27). The number of carbonyl (C=O) groups excluding carboxylic acids is 1. The molecule has 1 fully saturated rings. The van der Waals surface area contributed by atoms with E-state index in [1.165, 1.54) is 25.0 Å². The topological polar surface area (TPSA) is 45.2 Å². The molecule has 1 amide bonds. The second kappa shape index (κ2) is 8.62. The van der Waals surface area contributed by atoms with E-state index in [2.05, 4.69) is 10.3 Å². The summed E-state index contributed by atoms with van der Waals surface area (Å²) in [5, 5.41) is 3.90. The van der Waals surface area contributed by atoms with E-state index in [0.717, 1.165) is 23.8 Å². The highest BCUT2D eigenvalue weighted by atomic mass is 35.5. The van der Waals surface area contributed by atoms with Crippen LogP contribution < -0.4 is 10.2 Å². The molecule has 1 aromatic heterocycles. The lowest BCUT2D eigenvalue weighted by Crippen LogP contribution is -2.30. The molecule has 148 valence electrons. The van der Waals surface area contributed by atoms with Crippen LogP contribution in [0, 0.1) is 11.7 Å². The van der Waals surface area contributed by atoms with E-state index in [4.69, 9.17) is 11.6 Å². The van der Waals surface area contributed by atoms with Crippen LogP contribution in [0.2, 0.25) is 5.02 Å². The Kier molecular flexibility index (Phi) is 5.76. The fraction of sp³-hybridized carbons (Fsp3) is 0.217. The summed E-state index contributed by atoms with van der Waals surface area (Å²) in [6, 6.07) is 16.5. The smallest absolute Gasteiger partial charge is 0.258 e. The van der Waals surface area contributed by atoms with Gasteiger partial charge in [0.1, 0.15) is 11.6 Å². The van der Waals surface area contributed by atoms with E-state index in [-0.39, 0.29) is 11.7 Å². The van der Waals surface area contributed by atoms with Gasteiger partial charge in [0.2, 0.25) is 0 Å². The molecule has 1 aliphatic carbocycles. The van der Waals surface area contributed by atoms with Crippen LogP contribution in [-0.2, 0) is 6.54 Å². The van der Waals surface area contributed by atoms with E-state index in [1.807, 2.05) is 12.1 Å². The fourth-order valence-electron chi connectivity index (χ4n) is 3.03. The number of nitrogens with one attached hydrogen (secondary N) is 1. The average Bonchev–Trinajstić information content (AvgIpc) is 3.57. The zero-order valence-electron chi connectivity index (χ0n) is 15.8. The first-order valence-corrected chi connectivity index (χ1v) is 9.98. The lowest BCUT2D eigenvalue weighted by molar-refractivity contribution is 0.0985. The molecule has 1 aliphatic rings. The average molecular weight is 410 g/mol. The van der Waals surface area contributed by atoms with Crippen molar-refractivity contribution in [1.29, 1.82) is 0 Å². The number of benzene rings is 2. The lowest BCUT2D eigenvalue weighted by atomic mass is 10.1. The van der Waals surface area contributed by atoms with E-state index in [1.54, 1.807) is 47.5 Å². The van der Waals surface area contributed by atoms with E-state index < -0.39 is 0 Å². The van der Waals surface area contributed by atoms with Gasteiger partial charge in [-0.3, -0.25) is 4.79 Å². The normalized spacial score (nSPS) is 13.2. The largest absolute Gasteiger partial charge is 0.370 e. The van der Waals surface area contributed by atoms with Crippen LogP contribution in [0.3, 0.4) is 0 Å². The van der Waals surface area contributed by atoms with Crippen molar-refractivity contribution >= 4 is 29.0 Å². The minimum Gasteiger partial charge on any atom is -0.370 e. The molecule has 0 radical (unpaired) electrons. The van der Waals surface area contributed by atoms with Crippen LogP contribution in [0.25, 0.3) is 0 Å². The number of anilines is 2. The summed E-state index contributed by atoms with van der Waals surface area (Å²) in [4.78, 5) is 19.2. The van der Waals surface area contributed by atoms with Gasteiger partial charge in [-0.05, 0) is 78.9 Å².